The molecule has 0 fully saturated rings. The molecular weight excluding hydrogens is 202 g/mol. The quantitative estimate of drug-likeness (QED) is 0.834. The first-order valence-electron chi connectivity index (χ1n) is 4.86. The van der Waals surface area contributed by atoms with Gasteiger partial charge in [0.15, 0.2) is 0 Å². The Labute approximate surface area is 93.4 Å². The molecule has 80 valence electrons. The third kappa shape index (κ3) is 2.36. The maximum atomic E-state index is 8.60. The molecule has 0 aromatic carbocycles. The van der Waals surface area contributed by atoms with E-state index in [2.05, 4.69) is 15.4 Å². The van der Waals surface area contributed by atoms with Crippen LogP contribution in [0.1, 0.15) is 11.3 Å². The summed E-state index contributed by atoms with van der Waals surface area (Å²) < 4.78 is 1.74. The number of nitrogens with one attached hydrogen (secondary N) is 1. The molecular formula is C11H11N5. The van der Waals surface area contributed by atoms with Gasteiger partial charge < -0.3 is 5.32 Å². The Hall–Kier alpha value is -2.35. The number of aryl methyl sites for hydroxylation is 1. The number of nitrogens with zero attached hydrogens (tertiary/aromatic N) is 4. The van der Waals surface area contributed by atoms with Crippen molar-refractivity contribution >= 4 is 5.82 Å². The molecule has 0 amide bonds. The molecule has 2 rings (SSSR count). The van der Waals surface area contributed by atoms with Gasteiger partial charge in [-0.15, -0.1) is 0 Å². The van der Waals surface area contributed by atoms with Gasteiger partial charge >= 0.3 is 0 Å². The van der Waals surface area contributed by atoms with E-state index in [1.807, 2.05) is 31.4 Å². The summed E-state index contributed by atoms with van der Waals surface area (Å²) in [7, 11) is 1.87. The van der Waals surface area contributed by atoms with Crippen LogP contribution in [0.3, 0.4) is 0 Å². The second-order valence-corrected chi connectivity index (χ2v) is 3.39. The van der Waals surface area contributed by atoms with Crippen molar-refractivity contribution in [2.75, 3.05) is 5.32 Å². The van der Waals surface area contributed by atoms with Gasteiger partial charge in [-0.3, -0.25) is 4.68 Å². The van der Waals surface area contributed by atoms with Crippen LogP contribution in [-0.2, 0) is 13.6 Å². The first kappa shape index (κ1) is 10.2. The van der Waals surface area contributed by atoms with Gasteiger partial charge in [0.1, 0.15) is 17.6 Å². The van der Waals surface area contributed by atoms with Crippen molar-refractivity contribution in [2.45, 2.75) is 6.54 Å². The lowest BCUT2D eigenvalue weighted by molar-refractivity contribution is 0.768. The Balaban J connectivity index is 1.97. The van der Waals surface area contributed by atoms with Crippen molar-refractivity contribution in [3.05, 3.63) is 41.9 Å². The minimum atomic E-state index is 0.432. The van der Waals surface area contributed by atoms with Crippen LogP contribution in [-0.4, -0.2) is 14.8 Å². The van der Waals surface area contributed by atoms with Crippen LogP contribution in [0, 0.1) is 11.3 Å². The number of hydrogen-bond donors (Lipinski definition) is 1. The summed E-state index contributed by atoms with van der Waals surface area (Å²) >= 11 is 0. The minimum Gasteiger partial charge on any atom is -0.364 e. The first-order valence-corrected chi connectivity index (χ1v) is 4.86. The maximum Gasteiger partial charge on any atom is 0.148 e. The second-order valence-electron chi connectivity index (χ2n) is 3.39. The standard InChI is InChI=1S/C11H11N5/c1-16-5-4-11(15-16)14-8-9-2-3-10(6-12)13-7-9/h2-5,7H,8H2,1H3,(H,14,15). The fraction of sp³-hybridized carbons (Fsp3) is 0.182. The van der Waals surface area contributed by atoms with Crippen LogP contribution < -0.4 is 5.32 Å². The summed E-state index contributed by atoms with van der Waals surface area (Å²) in [4.78, 5) is 3.99. The van der Waals surface area contributed by atoms with Crippen LogP contribution in [0.4, 0.5) is 5.82 Å². The molecule has 0 saturated carbocycles. The predicted octanol–water partition coefficient (Wildman–Crippen LogP) is 1.30. The molecule has 5 nitrogen and oxygen atoms in total. The second kappa shape index (κ2) is 4.45. The lowest BCUT2D eigenvalue weighted by Crippen LogP contribution is -2.01. The summed E-state index contributed by atoms with van der Waals surface area (Å²) in [5, 5.41) is 16.0. The van der Waals surface area contributed by atoms with E-state index >= 15 is 0 Å². The van der Waals surface area contributed by atoms with Crippen LogP contribution in [0.25, 0.3) is 0 Å². The summed E-state index contributed by atoms with van der Waals surface area (Å²) in [6, 6.07) is 7.46. The largest absolute Gasteiger partial charge is 0.364 e. The Morgan fingerprint density at radius 3 is 2.88 bits per heavy atom. The molecule has 0 unspecified atom stereocenters. The SMILES string of the molecule is Cn1ccc(NCc2ccc(C#N)nc2)n1. The van der Waals surface area contributed by atoms with Gasteiger partial charge in [0.25, 0.3) is 0 Å². The lowest BCUT2D eigenvalue weighted by atomic mass is 10.2. The predicted molar refractivity (Wildman–Crippen MR) is 59.5 cm³/mol. The zero-order valence-electron chi connectivity index (χ0n) is 8.88. The van der Waals surface area contributed by atoms with E-state index in [0.717, 1.165) is 11.4 Å². The molecule has 0 bridgehead atoms. The van der Waals surface area contributed by atoms with Crippen molar-refractivity contribution < 1.29 is 0 Å². The van der Waals surface area contributed by atoms with Crippen LogP contribution >= 0.6 is 0 Å². The fourth-order valence-corrected chi connectivity index (χ4v) is 1.30. The van der Waals surface area contributed by atoms with Gasteiger partial charge in [0.2, 0.25) is 0 Å². The minimum absolute atomic E-state index is 0.432. The highest BCUT2D eigenvalue weighted by atomic mass is 15.3. The van der Waals surface area contributed by atoms with E-state index in [0.29, 0.717) is 12.2 Å². The van der Waals surface area contributed by atoms with Gasteiger partial charge in [0.05, 0.1) is 0 Å². The number of aromatic nitrogens is 3. The van der Waals surface area contributed by atoms with E-state index < -0.39 is 0 Å². The maximum absolute atomic E-state index is 8.60. The molecule has 1 N–H and O–H groups in total. The van der Waals surface area contributed by atoms with Gasteiger partial charge in [0, 0.05) is 32.1 Å². The monoisotopic (exact) mass is 213 g/mol. The highest BCUT2D eigenvalue weighted by Crippen LogP contribution is 2.05. The molecule has 2 aromatic heterocycles. The average molecular weight is 213 g/mol. The molecule has 2 heterocycles. The molecule has 0 aliphatic rings. The van der Waals surface area contributed by atoms with Gasteiger partial charge in [-0.05, 0) is 11.6 Å². The summed E-state index contributed by atoms with van der Waals surface area (Å²) in [6.45, 7) is 0.649. The number of nitriles is 1. The van der Waals surface area contributed by atoms with Crippen molar-refractivity contribution in [3.8, 4) is 6.07 Å². The third-order valence-electron chi connectivity index (χ3n) is 2.13. The van der Waals surface area contributed by atoms with Crippen LogP contribution in [0.15, 0.2) is 30.6 Å². The van der Waals surface area contributed by atoms with Gasteiger partial charge in [-0.25, -0.2) is 4.98 Å². The number of pyridine rings is 1. The van der Waals surface area contributed by atoms with Crippen molar-refractivity contribution in [3.63, 3.8) is 0 Å². The summed E-state index contributed by atoms with van der Waals surface area (Å²) in [5.74, 6) is 0.826. The molecule has 2 aromatic rings. The van der Waals surface area contributed by atoms with E-state index in [4.69, 9.17) is 5.26 Å². The van der Waals surface area contributed by atoms with E-state index in [1.165, 1.54) is 0 Å². The van der Waals surface area contributed by atoms with Gasteiger partial charge in [-0.2, -0.15) is 10.4 Å². The molecule has 0 aliphatic heterocycles. The highest BCUT2D eigenvalue weighted by molar-refractivity contribution is 5.34. The normalized spacial score (nSPS) is 9.75. The molecule has 16 heavy (non-hydrogen) atoms. The number of hydrogen-bond acceptors (Lipinski definition) is 4. The molecule has 0 aliphatic carbocycles. The molecule has 0 radical (unpaired) electrons. The summed E-state index contributed by atoms with van der Waals surface area (Å²) in [5.41, 5.74) is 1.45. The van der Waals surface area contributed by atoms with E-state index in [-0.39, 0.29) is 0 Å². The Bertz CT molecular complexity index is 506. The van der Waals surface area contributed by atoms with Crippen molar-refractivity contribution in [1.82, 2.24) is 14.8 Å². The molecule has 5 heteroatoms. The Kier molecular flexibility index (Phi) is 2.83. The van der Waals surface area contributed by atoms with Crippen molar-refractivity contribution in [2.24, 2.45) is 7.05 Å². The van der Waals surface area contributed by atoms with E-state index in [1.54, 1.807) is 16.9 Å². The smallest absolute Gasteiger partial charge is 0.148 e. The molecule has 0 atom stereocenters. The number of anilines is 1. The Morgan fingerprint density at radius 2 is 2.31 bits per heavy atom. The van der Waals surface area contributed by atoms with E-state index in [9.17, 15) is 0 Å². The zero-order chi connectivity index (χ0) is 11.4. The van der Waals surface area contributed by atoms with Crippen LogP contribution in [0.5, 0.6) is 0 Å². The summed E-state index contributed by atoms with van der Waals surface area (Å²) in [6.07, 6.45) is 3.56. The van der Waals surface area contributed by atoms with Gasteiger partial charge in [-0.1, -0.05) is 6.07 Å². The average Bonchev–Trinajstić information content (AvgIpc) is 2.73. The zero-order valence-corrected chi connectivity index (χ0v) is 8.88. The fourth-order valence-electron chi connectivity index (χ4n) is 1.30. The Morgan fingerprint density at radius 1 is 1.44 bits per heavy atom. The van der Waals surface area contributed by atoms with Crippen LogP contribution in [0.2, 0.25) is 0 Å². The third-order valence-corrected chi connectivity index (χ3v) is 2.13. The lowest BCUT2D eigenvalue weighted by Gasteiger charge is -2.02. The first-order chi connectivity index (χ1) is 7.78. The highest BCUT2D eigenvalue weighted by Gasteiger charge is 1.97. The molecule has 0 saturated heterocycles. The van der Waals surface area contributed by atoms with Crippen molar-refractivity contribution in [1.29, 1.82) is 5.26 Å². The number of rotatable bonds is 3. The topological polar surface area (TPSA) is 66.5 Å². The molecule has 0 spiro atoms.